The number of carboxylic acid groups (broad SMARTS) is 2. The fraction of sp³-hybridized carbons (Fsp3) is 0.457. The average molecular weight is 1050 g/mol. The van der Waals surface area contributed by atoms with E-state index in [1.807, 2.05) is 0 Å². The Labute approximate surface area is 430 Å². The maximum atomic E-state index is 14.4. The smallest absolute Gasteiger partial charge is 0.326 e. The lowest BCUT2D eigenvalue weighted by Gasteiger charge is -2.30. The lowest BCUT2D eigenvalue weighted by atomic mass is 10.0. The molecule has 25 nitrogen and oxygen atoms in total. The molecule has 396 valence electrons. The van der Waals surface area contributed by atoms with Gasteiger partial charge in [-0.05, 0) is 61.1 Å². The number of likely N-dealkylation sites (tertiary alicyclic amines) is 1. The number of hydrogen-bond donors (Lipinski definition) is 15. The number of nitrogens with one attached hydrogen (secondary N) is 7. The number of imidazole rings is 1. The Morgan fingerprint density at radius 3 is 1.90 bits per heavy atom. The van der Waals surface area contributed by atoms with Gasteiger partial charge in [0.05, 0.1) is 18.8 Å². The molecular formula is C46H63N13O12S2. The summed E-state index contributed by atoms with van der Waals surface area (Å²) in [4.78, 5) is 133. The molecule has 2 heterocycles. The highest BCUT2D eigenvalue weighted by Crippen LogP contribution is 2.21. The van der Waals surface area contributed by atoms with Gasteiger partial charge in [0.15, 0.2) is 5.96 Å². The van der Waals surface area contributed by atoms with Crippen molar-refractivity contribution in [2.24, 2.45) is 22.2 Å². The molecule has 0 spiro atoms. The molecule has 0 radical (unpaired) electrons. The second kappa shape index (κ2) is 29.2. The van der Waals surface area contributed by atoms with Gasteiger partial charge in [-0.15, -0.1) is 0 Å². The number of nitrogens with zero attached hydrogens (tertiary/aromatic N) is 3. The van der Waals surface area contributed by atoms with Crippen molar-refractivity contribution in [3.8, 4) is 5.75 Å². The van der Waals surface area contributed by atoms with Gasteiger partial charge < -0.3 is 74.3 Å². The van der Waals surface area contributed by atoms with Crippen LogP contribution in [0.4, 0.5) is 0 Å². The second-order valence-corrected chi connectivity index (χ2v) is 17.9. The van der Waals surface area contributed by atoms with Crippen LogP contribution in [0.25, 0.3) is 0 Å². The summed E-state index contributed by atoms with van der Waals surface area (Å²) < 4.78 is 0. The minimum absolute atomic E-state index is 0.00906. The molecule has 1 aliphatic heterocycles. The number of rotatable bonds is 29. The van der Waals surface area contributed by atoms with Crippen molar-refractivity contribution in [3.63, 3.8) is 0 Å². The first kappa shape index (κ1) is 58.2. The number of phenolic OH excluding ortho intramolecular Hbond substituents is 1. The van der Waals surface area contributed by atoms with Crippen LogP contribution in [-0.4, -0.2) is 162 Å². The van der Waals surface area contributed by atoms with E-state index in [0.29, 0.717) is 23.2 Å². The second-order valence-electron chi connectivity index (χ2n) is 17.1. The van der Waals surface area contributed by atoms with Crippen LogP contribution in [0.1, 0.15) is 55.3 Å². The van der Waals surface area contributed by atoms with Gasteiger partial charge in [-0.25, -0.2) is 9.78 Å². The number of H-pyrrole nitrogens is 1. The number of phenols is 1. The summed E-state index contributed by atoms with van der Waals surface area (Å²) in [6.45, 7) is 0.159. The highest BCUT2D eigenvalue weighted by Gasteiger charge is 2.40. The molecule has 16 N–H and O–H groups in total. The Morgan fingerprint density at radius 1 is 0.726 bits per heavy atom. The maximum absolute atomic E-state index is 14.4. The SMILES string of the molecule is NC(N)=NCCC[C@H](NC(=O)[C@@H](N)CC(=O)O)C(=O)N[C@@H](CS)C(=O)N[C@@H](Cc1ccc(O)cc1)C(=O)N[C@@H](CCS)C(=O)N[C@@H](Cc1cnc[nH]1)C(=O)N1CCC[C@H]1C(=O)N[C@@H](Cc1ccccc1)C(=O)O. The van der Waals surface area contributed by atoms with Gasteiger partial charge in [-0.1, -0.05) is 42.5 Å². The number of aromatic amines is 1. The number of benzene rings is 2. The number of carboxylic acids is 2. The molecule has 2 aromatic carbocycles. The minimum Gasteiger partial charge on any atom is -0.508 e. The predicted octanol–water partition coefficient (Wildman–Crippen LogP) is -2.77. The number of aliphatic imine (C=N–C) groups is 1. The molecule has 1 fully saturated rings. The van der Waals surface area contributed by atoms with E-state index in [9.17, 15) is 53.4 Å². The van der Waals surface area contributed by atoms with E-state index < -0.39 is 108 Å². The number of carbonyl (C=O) groups is 9. The van der Waals surface area contributed by atoms with Crippen molar-refractivity contribution < 1.29 is 58.5 Å². The number of thiol groups is 2. The molecule has 8 atom stereocenters. The van der Waals surface area contributed by atoms with Crippen molar-refractivity contribution in [2.75, 3.05) is 24.6 Å². The van der Waals surface area contributed by atoms with E-state index in [1.54, 1.807) is 30.3 Å². The van der Waals surface area contributed by atoms with E-state index in [0.717, 1.165) is 0 Å². The van der Waals surface area contributed by atoms with Crippen LogP contribution < -0.4 is 49.1 Å². The number of nitrogens with two attached hydrogens (primary N) is 3. The van der Waals surface area contributed by atoms with Crippen LogP contribution in [-0.2, 0) is 62.4 Å². The third-order valence-electron chi connectivity index (χ3n) is 11.5. The number of aromatic hydroxyl groups is 1. The van der Waals surface area contributed by atoms with Gasteiger partial charge in [0.2, 0.25) is 41.4 Å². The van der Waals surface area contributed by atoms with Crippen molar-refractivity contribution in [1.29, 1.82) is 0 Å². The zero-order valence-corrected chi connectivity index (χ0v) is 41.4. The number of hydrogen-bond acceptors (Lipinski definition) is 15. The Bertz CT molecular complexity index is 2400. The highest BCUT2D eigenvalue weighted by atomic mass is 32.1. The lowest BCUT2D eigenvalue weighted by Crippen LogP contribution is -2.61. The van der Waals surface area contributed by atoms with E-state index in [4.69, 9.17) is 22.3 Å². The molecule has 27 heteroatoms. The average Bonchev–Trinajstić information content (AvgIpc) is 4.07. The van der Waals surface area contributed by atoms with Gasteiger partial charge in [-0.2, -0.15) is 25.3 Å². The molecule has 3 aromatic rings. The zero-order chi connectivity index (χ0) is 53.6. The first-order valence-electron chi connectivity index (χ1n) is 23.2. The Morgan fingerprint density at radius 2 is 1.30 bits per heavy atom. The molecular weight excluding hydrogens is 991 g/mol. The van der Waals surface area contributed by atoms with Crippen LogP contribution in [0.2, 0.25) is 0 Å². The van der Waals surface area contributed by atoms with Crippen molar-refractivity contribution >= 4 is 84.5 Å². The van der Waals surface area contributed by atoms with E-state index in [1.165, 1.54) is 41.7 Å². The minimum atomic E-state index is -1.52. The van der Waals surface area contributed by atoms with Crippen LogP contribution in [0, 0.1) is 0 Å². The summed E-state index contributed by atoms with van der Waals surface area (Å²) in [6.07, 6.45) is 2.31. The zero-order valence-electron chi connectivity index (χ0n) is 39.6. The van der Waals surface area contributed by atoms with Gasteiger partial charge >= 0.3 is 11.9 Å². The van der Waals surface area contributed by atoms with E-state index in [2.05, 4.69) is 72.1 Å². The summed E-state index contributed by atoms with van der Waals surface area (Å²) in [7, 11) is 0. The van der Waals surface area contributed by atoms with Gasteiger partial charge in [-0.3, -0.25) is 43.3 Å². The fourth-order valence-corrected chi connectivity index (χ4v) is 8.24. The Hall–Kier alpha value is -7.39. The quantitative estimate of drug-likeness (QED) is 0.0145. The molecule has 0 bridgehead atoms. The van der Waals surface area contributed by atoms with Crippen LogP contribution >= 0.6 is 25.3 Å². The lowest BCUT2D eigenvalue weighted by molar-refractivity contribution is -0.145. The van der Waals surface area contributed by atoms with Gasteiger partial charge in [0.1, 0.15) is 48.0 Å². The molecule has 4 rings (SSSR count). The van der Waals surface area contributed by atoms with Crippen molar-refractivity contribution in [1.82, 2.24) is 46.8 Å². The summed E-state index contributed by atoms with van der Waals surface area (Å²) in [5.41, 5.74) is 18.1. The number of aliphatic carboxylic acids is 2. The number of amides is 7. The molecule has 1 saturated heterocycles. The maximum Gasteiger partial charge on any atom is 0.326 e. The molecule has 7 amide bonds. The van der Waals surface area contributed by atoms with E-state index >= 15 is 0 Å². The summed E-state index contributed by atoms with van der Waals surface area (Å²) >= 11 is 8.54. The molecule has 1 aliphatic rings. The van der Waals surface area contributed by atoms with Crippen molar-refractivity contribution in [3.05, 3.63) is 83.9 Å². The normalized spacial score (nSPS) is 15.9. The number of aromatic nitrogens is 2. The number of carbonyl (C=O) groups excluding carboxylic acids is 7. The van der Waals surface area contributed by atoms with Gasteiger partial charge in [0.25, 0.3) is 0 Å². The first-order chi connectivity index (χ1) is 34.8. The number of guanidine groups is 1. The fourth-order valence-electron chi connectivity index (χ4n) is 7.73. The summed E-state index contributed by atoms with van der Waals surface area (Å²) in [5, 5.41) is 44.4. The predicted molar refractivity (Wildman–Crippen MR) is 271 cm³/mol. The standard InChI is InChI=1S/C46H63N13O12S2/c47-29(21-37(61)62)38(63)53-30(8-4-15-51-46(48)49)39(64)58-35(23-73)42(67)55-32(18-26-10-12-28(60)13-11-26)41(66)54-31(14-17-72)40(65)56-33(20-27-22-50-24-52-27)44(69)59-16-5-9-36(59)43(68)57-34(45(70)71)19-25-6-2-1-3-7-25/h1-3,6-7,10-13,22,24,29-36,60,72-73H,4-5,8-9,14-21,23,47H2,(H,50,52)(H,53,63)(H,54,66)(H,55,67)(H,56,65)(H,57,68)(H,58,64)(H,61,62)(H,70,71)(H4,48,49,51)/t29-,30-,31-,32-,33-,34-,35-,36-/m0/s1. The first-order valence-corrected chi connectivity index (χ1v) is 24.5. The molecule has 0 unspecified atom stereocenters. The van der Waals surface area contributed by atoms with Crippen molar-refractivity contribution in [2.45, 2.75) is 106 Å². The van der Waals surface area contributed by atoms with Gasteiger partial charge in [0, 0.05) is 50.0 Å². The summed E-state index contributed by atoms with van der Waals surface area (Å²) in [5.74, 6) is -9.08. The third kappa shape index (κ3) is 18.9. The Balaban J connectivity index is 1.54. The van der Waals surface area contributed by atoms with Crippen LogP contribution in [0.15, 0.2) is 72.1 Å². The van der Waals surface area contributed by atoms with Crippen LogP contribution in [0.3, 0.4) is 0 Å². The highest BCUT2D eigenvalue weighted by molar-refractivity contribution is 7.80. The summed E-state index contributed by atoms with van der Waals surface area (Å²) in [6, 6.07) is 3.52. The molecule has 1 aromatic heterocycles. The third-order valence-corrected chi connectivity index (χ3v) is 12.1. The monoisotopic (exact) mass is 1050 g/mol. The van der Waals surface area contributed by atoms with Crippen LogP contribution in [0.5, 0.6) is 5.75 Å². The molecule has 0 saturated carbocycles. The molecule has 73 heavy (non-hydrogen) atoms. The Kier molecular flexibility index (Phi) is 23.3. The van der Waals surface area contributed by atoms with E-state index in [-0.39, 0.29) is 81.3 Å². The molecule has 0 aliphatic carbocycles. The largest absolute Gasteiger partial charge is 0.508 e. The topological polar surface area (TPSA) is 409 Å².